The third kappa shape index (κ3) is 3.33. The van der Waals surface area contributed by atoms with Crippen LogP contribution < -0.4 is 10.2 Å². The lowest BCUT2D eigenvalue weighted by molar-refractivity contribution is 0.598. The summed E-state index contributed by atoms with van der Waals surface area (Å²) in [5.74, 6) is 0. The zero-order valence-electron chi connectivity index (χ0n) is 12.2. The van der Waals surface area contributed by atoms with Crippen LogP contribution in [0.2, 0.25) is 5.02 Å². The van der Waals surface area contributed by atoms with Crippen molar-refractivity contribution < 1.29 is 0 Å². The van der Waals surface area contributed by atoms with E-state index in [1.807, 2.05) is 31.3 Å². The Morgan fingerprint density at radius 2 is 1.85 bits per heavy atom. The van der Waals surface area contributed by atoms with Crippen molar-refractivity contribution in [1.29, 1.82) is 0 Å². The number of halogens is 1. The Kier molecular flexibility index (Phi) is 5.05. The first-order valence-corrected chi connectivity index (χ1v) is 7.33. The van der Waals surface area contributed by atoms with Gasteiger partial charge in [0.25, 0.3) is 0 Å². The summed E-state index contributed by atoms with van der Waals surface area (Å²) in [6.45, 7) is 5.20. The fraction of sp³-hybridized carbons (Fsp3) is 0.294. The number of benzene rings is 2. The average molecular weight is 289 g/mol. The molecule has 0 aromatic heterocycles. The van der Waals surface area contributed by atoms with Gasteiger partial charge in [-0.3, -0.25) is 0 Å². The van der Waals surface area contributed by atoms with E-state index in [2.05, 4.69) is 48.3 Å². The molecule has 1 N–H and O–H groups in total. The van der Waals surface area contributed by atoms with Gasteiger partial charge >= 0.3 is 0 Å². The highest BCUT2D eigenvalue weighted by atomic mass is 35.5. The van der Waals surface area contributed by atoms with Crippen LogP contribution in [-0.4, -0.2) is 13.6 Å². The number of hydrogen-bond donors (Lipinski definition) is 1. The molecule has 0 aliphatic carbocycles. The van der Waals surface area contributed by atoms with Crippen molar-refractivity contribution >= 4 is 23.0 Å². The average Bonchev–Trinajstić information content (AvgIpc) is 2.47. The van der Waals surface area contributed by atoms with Crippen molar-refractivity contribution in [2.45, 2.75) is 19.9 Å². The molecular weight excluding hydrogens is 268 g/mol. The van der Waals surface area contributed by atoms with Crippen molar-refractivity contribution in [3.63, 3.8) is 0 Å². The van der Waals surface area contributed by atoms with Crippen molar-refractivity contribution in [1.82, 2.24) is 5.32 Å². The zero-order valence-corrected chi connectivity index (χ0v) is 13.0. The molecule has 1 unspecified atom stereocenters. The third-order valence-corrected chi connectivity index (χ3v) is 3.79. The van der Waals surface area contributed by atoms with Gasteiger partial charge in [0, 0.05) is 18.8 Å². The van der Waals surface area contributed by atoms with Gasteiger partial charge in [-0.15, -0.1) is 0 Å². The summed E-state index contributed by atoms with van der Waals surface area (Å²) in [5.41, 5.74) is 3.36. The van der Waals surface area contributed by atoms with Crippen molar-refractivity contribution in [3.8, 4) is 0 Å². The van der Waals surface area contributed by atoms with Gasteiger partial charge in [0.1, 0.15) is 0 Å². The number of nitrogens with zero attached hydrogens (tertiary/aromatic N) is 1. The van der Waals surface area contributed by atoms with Crippen molar-refractivity contribution in [2.24, 2.45) is 0 Å². The number of hydrogen-bond acceptors (Lipinski definition) is 2. The fourth-order valence-electron chi connectivity index (χ4n) is 2.28. The van der Waals surface area contributed by atoms with Crippen LogP contribution in [0, 0.1) is 0 Å². The molecule has 0 fully saturated rings. The van der Waals surface area contributed by atoms with Gasteiger partial charge in [-0.25, -0.2) is 0 Å². The first-order valence-electron chi connectivity index (χ1n) is 6.95. The second-order valence-electron chi connectivity index (χ2n) is 4.88. The summed E-state index contributed by atoms with van der Waals surface area (Å²) in [6.07, 6.45) is 0. The van der Waals surface area contributed by atoms with E-state index >= 15 is 0 Å². The number of anilines is 2. The summed E-state index contributed by atoms with van der Waals surface area (Å²) in [4.78, 5) is 2.10. The summed E-state index contributed by atoms with van der Waals surface area (Å²) >= 11 is 6.45. The first kappa shape index (κ1) is 14.9. The lowest BCUT2D eigenvalue weighted by Crippen LogP contribution is -2.18. The molecule has 2 aromatic carbocycles. The van der Waals surface area contributed by atoms with Crippen LogP contribution >= 0.6 is 11.6 Å². The van der Waals surface area contributed by atoms with Gasteiger partial charge in [-0.2, -0.15) is 0 Å². The maximum Gasteiger partial charge on any atom is 0.0646 e. The Labute approximate surface area is 126 Å². The predicted octanol–water partition coefficient (Wildman–Crippen LogP) is 4.78. The maximum absolute atomic E-state index is 6.45. The minimum Gasteiger partial charge on any atom is -0.343 e. The predicted molar refractivity (Wildman–Crippen MR) is 88.0 cm³/mol. The Hall–Kier alpha value is -1.51. The minimum absolute atomic E-state index is 0.314. The first-order chi connectivity index (χ1) is 9.63. The Morgan fingerprint density at radius 3 is 2.45 bits per heavy atom. The lowest BCUT2D eigenvalue weighted by atomic mass is 10.1. The molecular formula is C17H21ClN2. The van der Waals surface area contributed by atoms with Gasteiger partial charge in [0.05, 0.1) is 10.7 Å². The van der Waals surface area contributed by atoms with Crippen LogP contribution in [0.1, 0.15) is 25.5 Å². The van der Waals surface area contributed by atoms with Gasteiger partial charge in [-0.05, 0) is 43.3 Å². The Morgan fingerprint density at radius 1 is 1.15 bits per heavy atom. The molecule has 20 heavy (non-hydrogen) atoms. The number of nitrogens with one attached hydrogen (secondary N) is 1. The highest BCUT2D eigenvalue weighted by Crippen LogP contribution is 2.32. The molecule has 2 aromatic rings. The Bertz CT molecular complexity index is 554. The van der Waals surface area contributed by atoms with E-state index in [1.165, 1.54) is 5.56 Å². The smallest absolute Gasteiger partial charge is 0.0646 e. The normalized spacial score (nSPS) is 12.2. The van der Waals surface area contributed by atoms with Crippen LogP contribution in [0.5, 0.6) is 0 Å². The van der Waals surface area contributed by atoms with E-state index in [-0.39, 0.29) is 0 Å². The largest absolute Gasteiger partial charge is 0.343 e. The second-order valence-corrected chi connectivity index (χ2v) is 5.29. The highest BCUT2D eigenvalue weighted by Gasteiger charge is 2.11. The standard InChI is InChI=1S/C17H21ClN2/c1-4-19-13(2)14-10-11-17(16(18)12-14)20(3)15-8-6-5-7-9-15/h5-13,19H,4H2,1-3H3. The number of para-hydroxylation sites is 1. The van der Waals surface area contributed by atoms with Crippen molar-refractivity contribution in [2.75, 3.05) is 18.5 Å². The maximum atomic E-state index is 6.45. The summed E-state index contributed by atoms with van der Waals surface area (Å²) in [6, 6.07) is 16.8. The van der Waals surface area contributed by atoms with E-state index in [1.54, 1.807) is 0 Å². The van der Waals surface area contributed by atoms with Crippen LogP contribution in [0.25, 0.3) is 0 Å². The molecule has 0 aliphatic heterocycles. The molecule has 0 heterocycles. The topological polar surface area (TPSA) is 15.3 Å². The molecule has 2 nitrogen and oxygen atoms in total. The van der Waals surface area contributed by atoms with E-state index in [9.17, 15) is 0 Å². The second kappa shape index (κ2) is 6.78. The van der Waals surface area contributed by atoms with E-state index in [0.29, 0.717) is 6.04 Å². The molecule has 1 atom stereocenters. The summed E-state index contributed by atoms with van der Waals surface area (Å²) in [7, 11) is 2.03. The fourth-order valence-corrected chi connectivity index (χ4v) is 2.59. The van der Waals surface area contributed by atoms with Gasteiger partial charge in [0.2, 0.25) is 0 Å². The highest BCUT2D eigenvalue weighted by molar-refractivity contribution is 6.33. The molecule has 0 radical (unpaired) electrons. The van der Waals surface area contributed by atoms with Gasteiger partial charge in [-0.1, -0.05) is 42.8 Å². The minimum atomic E-state index is 0.314. The molecule has 0 saturated heterocycles. The van der Waals surface area contributed by atoms with Gasteiger partial charge in [0.15, 0.2) is 0 Å². The SMILES string of the molecule is CCNC(C)c1ccc(N(C)c2ccccc2)c(Cl)c1. The molecule has 3 heteroatoms. The van der Waals surface area contributed by atoms with E-state index in [0.717, 1.165) is 22.9 Å². The molecule has 0 amide bonds. The monoisotopic (exact) mass is 288 g/mol. The third-order valence-electron chi connectivity index (χ3n) is 3.49. The van der Waals surface area contributed by atoms with Crippen LogP contribution in [0.15, 0.2) is 48.5 Å². The van der Waals surface area contributed by atoms with E-state index < -0.39 is 0 Å². The van der Waals surface area contributed by atoms with E-state index in [4.69, 9.17) is 11.6 Å². The van der Waals surface area contributed by atoms with Gasteiger partial charge < -0.3 is 10.2 Å². The molecule has 0 saturated carbocycles. The zero-order chi connectivity index (χ0) is 14.5. The number of rotatable bonds is 5. The van der Waals surface area contributed by atoms with Crippen LogP contribution in [0.4, 0.5) is 11.4 Å². The molecule has 0 spiro atoms. The lowest BCUT2D eigenvalue weighted by Gasteiger charge is -2.22. The molecule has 0 aliphatic rings. The van der Waals surface area contributed by atoms with Crippen LogP contribution in [-0.2, 0) is 0 Å². The van der Waals surface area contributed by atoms with Crippen LogP contribution in [0.3, 0.4) is 0 Å². The molecule has 0 bridgehead atoms. The Balaban J connectivity index is 2.26. The summed E-state index contributed by atoms with van der Waals surface area (Å²) < 4.78 is 0. The quantitative estimate of drug-likeness (QED) is 0.852. The molecule has 2 rings (SSSR count). The van der Waals surface area contributed by atoms with Crippen molar-refractivity contribution in [3.05, 3.63) is 59.1 Å². The summed E-state index contributed by atoms with van der Waals surface area (Å²) in [5, 5.41) is 4.17. The molecule has 106 valence electrons.